The highest BCUT2D eigenvalue weighted by atomic mass is 16.5. The number of hydrogen-bond donors (Lipinski definition) is 0. The molecule has 0 aliphatic heterocycles. The number of benzene rings is 2. The zero-order valence-electron chi connectivity index (χ0n) is 16.6. The van der Waals surface area contributed by atoms with Gasteiger partial charge in [0.25, 0.3) is 5.91 Å². The lowest BCUT2D eigenvalue weighted by molar-refractivity contribution is -0.122. The van der Waals surface area contributed by atoms with Gasteiger partial charge in [-0.1, -0.05) is 36.4 Å². The summed E-state index contributed by atoms with van der Waals surface area (Å²) in [6.07, 6.45) is 1.60. The highest BCUT2D eigenvalue weighted by molar-refractivity contribution is 5.97. The van der Waals surface area contributed by atoms with Crippen LogP contribution in [0.4, 0.5) is 5.69 Å². The van der Waals surface area contributed by atoms with Crippen molar-refractivity contribution >= 4 is 17.6 Å². The summed E-state index contributed by atoms with van der Waals surface area (Å²) in [6, 6.07) is 18.5. The van der Waals surface area contributed by atoms with Gasteiger partial charge in [-0.15, -0.1) is 0 Å². The molecule has 0 unspecified atom stereocenters. The molecule has 29 heavy (non-hydrogen) atoms. The van der Waals surface area contributed by atoms with Crippen molar-refractivity contribution in [1.29, 1.82) is 0 Å². The van der Waals surface area contributed by atoms with Crippen LogP contribution in [-0.4, -0.2) is 41.4 Å². The van der Waals surface area contributed by atoms with Gasteiger partial charge in [-0.2, -0.15) is 5.10 Å². The smallest absolute Gasteiger partial charge is 0.363 e. The Hall–Kier alpha value is -3.61. The molecule has 0 radical (unpaired) electrons. The van der Waals surface area contributed by atoms with Gasteiger partial charge in [-0.3, -0.25) is 4.79 Å². The number of anilines is 1. The lowest BCUT2D eigenvalue weighted by atomic mass is 10.2. The maximum atomic E-state index is 12.7. The molecule has 7 nitrogen and oxygen atoms in total. The van der Waals surface area contributed by atoms with E-state index in [4.69, 9.17) is 9.47 Å². The second-order valence-electron chi connectivity index (χ2n) is 6.60. The van der Waals surface area contributed by atoms with Crippen molar-refractivity contribution in [1.82, 2.24) is 9.78 Å². The summed E-state index contributed by atoms with van der Waals surface area (Å²) >= 11 is 0. The van der Waals surface area contributed by atoms with Gasteiger partial charge in [-0.05, 0) is 38.1 Å². The second kappa shape index (κ2) is 9.05. The number of hydrogen-bond acceptors (Lipinski definition) is 5. The van der Waals surface area contributed by atoms with Gasteiger partial charge in [-0.25, -0.2) is 9.48 Å². The average molecular weight is 393 g/mol. The van der Waals surface area contributed by atoms with E-state index < -0.39 is 12.6 Å². The molecule has 0 atom stereocenters. The van der Waals surface area contributed by atoms with E-state index in [1.165, 1.54) is 11.8 Å². The van der Waals surface area contributed by atoms with E-state index in [1.54, 1.807) is 11.1 Å². The van der Waals surface area contributed by atoms with E-state index in [0.717, 1.165) is 11.4 Å². The molecule has 0 bridgehead atoms. The number of carbonyl (C=O) groups is 2. The molecule has 0 spiro atoms. The molecule has 0 N–H and O–H groups in total. The molecular formula is C22H23N3O4. The number of nitrogens with zero attached hydrogens (tertiary/aromatic N) is 3. The van der Waals surface area contributed by atoms with Crippen LogP contribution < -0.4 is 9.64 Å². The van der Waals surface area contributed by atoms with Crippen molar-refractivity contribution in [3.63, 3.8) is 0 Å². The minimum Gasteiger partial charge on any atom is -0.493 e. The molecule has 0 fully saturated rings. The molecule has 2 aromatic carbocycles. The van der Waals surface area contributed by atoms with Crippen molar-refractivity contribution < 1.29 is 19.1 Å². The third kappa shape index (κ3) is 4.63. The Morgan fingerprint density at radius 2 is 1.66 bits per heavy atom. The van der Waals surface area contributed by atoms with E-state index in [0.29, 0.717) is 0 Å². The molecule has 7 heteroatoms. The summed E-state index contributed by atoms with van der Waals surface area (Å²) in [4.78, 5) is 26.8. The Kier molecular flexibility index (Phi) is 6.29. The fraction of sp³-hybridized carbons (Fsp3) is 0.227. The molecule has 0 aliphatic carbocycles. The zero-order chi connectivity index (χ0) is 20.8. The van der Waals surface area contributed by atoms with Crippen molar-refractivity contribution in [3.05, 3.63) is 72.6 Å². The Bertz CT molecular complexity index is 968. The van der Waals surface area contributed by atoms with Gasteiger partial charge < -0.3 is 14.4 Å². The lowest BCUT2D eigenvalue weighted by Gasteiger charge is -2.26. The number of aromatic nitrogens is 2. The zero-order valence-corrected chi connectivity index (χ0v) is 16.6. The van der Waals surface area contributed by atoms with Gasteiger partial charge in [0.2, 0.25) is 5.69 Å². The molecule has 1 heterocycles. The number of esters is 1. The minimum atomic E-state index is -0.721. The van der Waals surface area contributed by atoms with Crippen LogP contribution in [0, 0.1) is 0 Å². The number of carbonyl (C=O) groups excluding carboxylic acids is 2. The SMILES string of the molecule is COc1cn(-c2ccccc2)nc1C(=O)OCC(=O)N(c1ccccc1)C(C)C. The topological polar surface area (TPSA) is 73.7 Å². The van der Waals surface area contributed by atoms with Crippen LogP contribution >= 0.6 is 0 Å². The first-order valence-corrected chi connectivity index (χ1v) is 9.24. The first-order valence-electron chi connectivity index (χ1n) is 9.24. The highest BCUT2D eigenvalue weighted by Crippen LogP contribution is 2.21. The number of ether oxygens (including phenoxy) is 2. The van der Waals surface area contributed by atoms with Crippen molar-refractivity contribution in [2.75, 3.05) is 18.6 Å². The van der Waals surface area contributed by atoms with Gasteiger partial charge in [0.05, 0.1) is 19.0 Å². The van der Waals surface area contributed by atoms with E-state index in [1.807, 2.05) is 74.5 Å². The van der Waals surface area contributed by atoms with Crippen LogP contribution in [0.15, 0.2) is 66.9 Å². The normalized spacial score (nSPS) is 10.6. The standard InChI is InChI=1S/C22H23N3O4/c1-16(2)25(18-12-8-5-9-13-18)20(26)15-29-22(27)21-19(28-3)14-24(23-21)17-10-6-4-7-11-17/h4-14,16H,15H2,1-3H3. The third-order valence-corrected chi connectivity index (χ3v) is 4.26. The predicted octanol–water partition coefficient (Wildman–Crippen LogP) is 3.48. The minimum absolute atomic E-state index is 0.0139. The number of rotatable bonds is 7. The van der Waals surface area contributed by atoms with E-state index in [-0.39, 0.29) is 23.4 Å². The summed E-state index contributed by atoms with van der Waals surface area (Å²) in [5, 5.41) is 4.26. The average Bonchev–Trinajstić information content (AvgIpc) is 3.18. The number of methoxy groups -OCH3 is 1. The van der Waals surface area contributed by atoms with Crippen LogP contribution in [0.1, 0.15) is 24.3 Å². The number of para-hydroxylation sites is 2. The predicted molar refractivity (Wildman–Crippen MR) is 109 cm³/mol. The second-order valence-corrected chi connectivity index (χ2v) is 6.60. The highest BCUT2D eigenvalue weighted by Gasteiger charge is 2.24. The maximum Gasteiger partial charge on any atom is 0.363 e. The lowest BCUT2D eigenvalue weighted by Crippen LogP contribution is -2.39. The molecule has 1 aromatic heterocycles. The van der Waals surface area contributed by atoms with E-state index in [9.17, 15) is 9.59 Å². The Balaban J connectivity index is 1.73. The van der Waals surface area contributed by atoms with Crippen LogP contribution in [0.3, 0.4) is 0 Å². The Morgan fingerprint density at radius 1 is 1.03 bits per heavy atom. The van der Waals surface area contributed by atoms with Crippen molar-refractivity contribution in [3.8, 4) is 11.4 Å². The fourth-order valence-electron chi connectivity index (χ4n) is 2.95. The number of amides is 1. The quantitative estimate of drug-likeness (QED) is 0.575. The summed E-state index contributed by atoms with van der Waals surface area (Å²) in [5.41, 5.74) is 1.53. The fourth-order valence-corrected chi connectivity index (χ4v) is 2.95. The molecule has 3 aromatic rings. The summed E-state index contributed by atoms with van der Waals surface area (Å²) < 4.78 is 12.0. The first kappa shape index (κ1) is 20.1. The van der Waals surface area contributed by atoms with Crippen LogP contribution in [-0.2, 0) is 9.53 Å². The monoisotopic (exact) mass is 393 g/mol. The molecule has 0 saturated heterocycles. The van der Waals surface area contributed by atoms with Crippen molar-refractivity contribution in [2.45, 2.75) is 19.9 Å². The molecule has 0 aliphatic rings. The molecule has 3 rings (SSSR count). The van der Waals surface area contributed by atoms with Crippen LogP contribution in [0.25, 0.3) is 5.69 Å². The van der Waals surface area contributed by atoms with Gasteiger partial charge in [0, 0.05) is 11.7 Å². The summed E-state index contributed by atoms with van der Waals surface area (Å²) in [6.45, 7) is 3.40. The van der Waals surface area contributed by atoms with E-state index >= 15 is 0 Å². The Morgan fingerprint density at radius 3 is 2.24 bits per heavy atom. The van der Waals surface area contributed by atoms with E-state index in [2.05, 4.69) is 5.10 Å². The van der Waals surface area contributed by atoms with Gasteiger partial charge >= 0.3 is 5.97 Å². The van der Waals surface area contributed by atoms with Gasteiger partial charge in [0.15, 0.2) is 12.4 Å². The molecule has 1 amide bonds. The third-order valence-electron chi connectivity index (χ3n) is 4.26. The van der Waals surface area contributed by atoms with Crippen LogP contribution in [0.2, 0.25) is 0 Å². The molecular weight excluding hydrogens is 370 g/mol. The largest absolute Gasteiger partial charge is 0.493 e. The Labute approximate surface area is 169 Å². The summed E-state index contributed by atoms with van der Waals surface area (Å²) in [5.74, 6) is -0.766. The first-order chi connectivity index (χ1) is 14.0. The van der Waals surface area contributed by atoms with Crippen molar-refractivity contribution in [2.24, 2.45) is 0 Å². The van der Waals surface area contributed by atoms with Gasteiger partial charge in [0.1, 0.15) is 0 Å². The molecule has 150 valence electrons. The summed E-state index contributed by atoms with van der Waals surface area (Å²) in [7, 11) is 1.45. The maximum absolute atomic E-state index is 12.7. The molecule has 0 saturated carbocycles. The van der Waals surface area contributed by atoms with Crippen LogP contribution in [0.5, 0.6) is 5.75 Å².